The Hall–Kier alpha value is -1.55. The van der Waals surface area contributed by atoms with Crippen LogP contribution in [-0.2, 0) is 4.79 Å². The molecule has 0 radical (unpaired) electrons. The zero-order valence-electron chi connectivity index (χ0n) is 20.5. The van der Waals surface area contributed by atoms with Gasteiger partial charge in [-0.3, -0.25) is 4.79 Å². The average molecular weight is 572 g/mol. The smallest absolute Gasteiger partial charge is 0.244 e. The van der Waals surface area contributed by atoms with Crippen LogP contribution in [0.3, 0.4) is 0 Å². The predicted molar refractivity (Wildman–Crippen MR) is 147 cm³/mol. The van der Waals surface area contributed by atoms with E-state index in [1.165, 1.54) is 25.9 Å². The van der Waals surface area contributed by atoms with E-state index in [1.807, 2.05) is 43.0 Å². The molecule has 2 N–H and O–H groups in total. The second-order valence-electron chi connectivity index (χ2n) is 9.37. The number of ether oxygens (including phenoxy) is 1. The Balaban J connectivity index is 0.00000385. The Morgan fingerprint density at radius 2 is 1.79 bits per heavy atom. The van der Waals surface area contributed by atoms with Crippen molar-refractivity contribution in [3.05, 3.63) is 24.3 Å². The van der Waals surface area contributed by atoms with Crippen molar-refractivity contribution in [3.63, 3.8) is 0 Å². The number of amides is 1. The van der Waals surface area contributed by atoms with E-state index >= 15 is 0 Å². The highest BCUT2D eigenvalue weighted by Crippen LogP contribution is 2.17. The largest absolute Gasteiger partial charge is 0.491 e. The van der Waals surface area contributed by atoms with Gasteiger partial charge in [0.1, 0.15) is 12.3 Å². The number of hydrogen-bond donors (Lipinski definition) is 2. The Morgan fingerprint density at radius 1 is 1.12 bits per heavy atom. The van der Waals surface area contributed by atoms with E-state index < -0.39 is 0 Å². The molecule has 2 saturated heterocycles. The van der Waals surface area contributed by atoms with Crippen LogP contribution in [0.25, 0.3) is 0 Å². The topological polar surface area (TPSA) is 69.2 Å². The number of nitrogens with zero attached hydrogens (tertiary/aromatic N) is 3. The maximum Gasteiger partial charge on any atom is 0.244 e. The molecule has 1 aromatic carbocycles. The lowest BCUT2D eigenvalue weighted by Gasteiger charge is -2.30. The van der Waals surface area contributed by atoms with Gasteiger partial charge in [0, 0.05) is 25.3 Å². The summed E-state index contributed by atoms with van der Waals surface area (Å²) in [6.07, 6.45) is 5.99. The number of nitrogens with one attached hydrogen (secondary N) is 2. The van der Waals surface area contributed by atoms with E-state index in [-0.39, 0.29) is 42.5 Å². The molecule has 2 aliphatic rings. The zero-order chi connectivity index (χ0) is 22.8. The Bertz CT molecular complexity index is 727. The monoisotopic (exact) mass is 571 g/mol. The molecular weight excluding hydrogens is 529 g/mol. The van der Waals surface area contributed by atoms with Gasteiger partial charge >= 0.3 is 0 Å². The molecule has 2 heterocycles. The molecule has 0 atom stereocenters. The van der Waals surface area contributed by atoms with Gasteiger partial charge in [-0.15, -0.1) is 24.0 Å². The van der Waals surface area contributed by atoms with Crippen molar-refractivity contribution >= 4 is 41.5 Å². The molecule has 8 heteroatoms. The van der Waals surface area contributed by atoms with Crippen LogP contribution in [0.15, 0.2) is 29.3 Å². The third-order valence-corrected chi connectivity index (χ3v) is 6.14. The summed E-state index contributed by atoms with van der Waals surface area (Å²) in [6, 6.07) is 7.86. The van der Waals surface area contributed by atoms with Crippen LogP contribution >= 0.6 is 24.0 Å². The number of carbonyl (C=O) groups excluding carboxylic acids is 1. The Labute approximate surface area is 216 Å². The highest BCUT2D eigenvalue weighted by atomic mass is 127. The highest BCUT2D eigenvalue weighted by Gasteiger charge is 2.18. The van der Waals surface area contributed by atoms with Crippen LogP contribution in [0.4, 0.5) is 5.69 Å². The number of rotatable bonds is 9. The molecule has 0 spiro atoms. The number of carbonyl (C=O) groups is 1. The molecule has 7 nitrogen and oxygen atoms in total. The van der Waals surface area contributed by atoms with Crippen molar-refractivity contribution in [2.75, 3.05) is 51.1 Å². The normalized spacial score (nSPS) is 17.7. The predicted octanol–water partition coefficient (Wildman–Crippen LogP) is 4.19. The summed E-state index contributed by atoms with van der Waals surface area (Å²) in [5.74, 6) is 2.46. The van der Waals surface area contributed by atoms with E-state index in [4.69, 9.17) is 4.74 Å². The van der Waals surface area contributed by atoms with E-state index in [2.05, 4.69) is 27.4 Å². The van der Waals surface area contributed by atoms with Gasteiger partial charge in [0.25, 0.3) is 0 Å². The minimum absolute atomic E-state index is 0. The number of hydrogen-bond acceptors (Lipinski definition) is 4. The van der Waals surface area contributed by atoms with E-state index in [1.54, 1.807) is 0 Å². The van der Waals surface area contributed by atoms with Crippen LogP contribution in [0.1, 0.15) is 52.9 Å². The number of anilines is 1. The van der Waals surface area contributed by atoms with Gasteiger partial charge in [0.15, 0.2) is 5.96 Å². The molecule has 0 aliphatic carbocycles. The lowest BCUT2D eigenvalue weighted by atomic mass is 9.99. The number of aliphatic imine (C=N–C) groups is 1. The van der Waals surface area contributed by atoms with Gasteiger partial charge in [-0.1, -0.05) is 6.92 Å². The standard InChI is InChI=1S/C25H41N5O2.HI/c1-20(2)32-23-9-7-22(8-10-23)28-25(27-19-24(31)30-15-4-5-16-30)26-13-6-14-29-17-11-21(3)12-18-29;/h7-10,20-21H,4-6,11-19H2,1-3H3,(H2,26,27,28);1H. The van der Waals surface area contributed by atoms with Crippen LogP contribution in [-0.4, -0.2) is 73.6 Å². The summed E-state index contributed by atoms with van der Waals surface area (Å²) < 4.78 is 5.73. The van der Waals surface area contributed by atoms with Crippen molar-refractivity contribution in [2.24, 2.45) is 10.9 Å². The van der Waals surface area contributed by atoms with Crippen molar-refractivity contribution in [3.8, 4) is 5.75 Å². The molecule has 0 unspecified atom stereocenters. The van der Waals surface area contributed by atoms with E-state index in [9.17, 15) is 4.79 Å². The van der Waals surface area contributed by atoms with Crippen molar-refractivity contribution in [1.82, 2.24) is 15.1 Å². The SMILES string of the molecule is CC1CCN(CCCNC(=NCC(=O)N2CCCC2)Nc2ccc(OC(C)C)cc2)CC1.I. The first-order valence-corrected chi connectivity index (χ1v) is 12.3. The lowest BCUT2D eigenvalue weighted by molar-refractivity contribution is -0.128. The average Bonchev–Trinajstić information content (AvgIpc) is 3.32. The molecule has 2 aliphatic heterocycles. The molecule has 0 aromatic heterocycles. The van der Waals surface area contributed by atoms with Crippen molar-refractivity contribution in [1.29, 1.82) is 0 Å². The third kappa shape index (κ3) is 10.1. The maximum atomic E-state index is 12.5. The molecule has 1 aromatic rings. The first-order chi connectivity index (χ1) is 15.5. The summed E-state index contributed by atoms with van der Waals surface area (Å²) in [7, 11) is 0. The molecule has 0 bridgehead atoms. The minimum Gasteiger partial charge on any atom is -0.491 e. The molecule has 0 saturated carbocycles. The fourth-order valence-corrected chi connectivity index (χ4v) is 4.17. The summed E-state index contributed by atoms with van der Waals surface area (Å²) in [5.41, 5.74) is 0.922. The Kier molecular flexibility index (Phi) is 12.3. The number of halogens is 1. The maximum absolute atomic E-state index is 12.5. The van der Waals surface area contributed by atoms with Gasteiger partial charge in [0.2, 0.25) is 5.91 Å². The van der Waals surface area contributed by atoms with E-state index in [0.717, 1.165) is 62.8 Å². The fraction of sp³-hybridized carbons (Fsp3) is 0.680. The molecule has 1 amide bonds. The number of likely N-dealkylation sites (tertiary alicyclic amines) is 2. The van der Waals surface area contributed by atoms with Crippen LogP contribution in [0.5, 0.6) is 5.75 Å². The molecule has 3 rings (SSSR count). The first-order valence-electron chi connectivity index (χ1n) is 12.3. The quantitative estimate of drug-likeness (QED) is 0.201. The van der Waals surface area contributed by atoms with Crippen LogP contribution in [0, 0.1) is 5.92 Å². The first kappa shape index (κ1) is 27.7. The molecular formula is C25H42IN5O2. The molecule has 186 valence electrons. The Morgan fingerprint density at radius 3 is 2.42 bits per heavy atom. The number of piperidine rings is 1. The zero-order valence-corrected chi connectivity index (χ0v) is 22.8. The highest BCUT2D eigenvalue weighted by molar-refractivity contribution is 14.0. The number of benzene rings is 1. The van der Waals surface area contributed by atoms with Gasteiger partial charge < -0.3 is 25.2 Å². The summed E-state index contributed by atoms with van der Waals surface area (Å²) >= 11 is 0. The van der Waals surface area contributed by atoms with Crippen LogP contribution in [0.2, 0.25) is 0 Å². The third-order valence-electron chi connectivity index (χ3n) is 6.14. The van der Waals surface area contributed by atoms with Gasteiger partial charge in [-0.2, -0.15) is 0 Å². The molecule has 33 heavy (non-hydrogen) atoms. The minimum atomic E-state index is 0. The second-order valence-corrected chi connectivity index (χ2v) is 9.37. The van der Waals surface area contributed by atoms with Gasteiger partial charge in [-0.05, 0) is 95.8 Å². The van der Waals surface area contributed by atoms with Gasteiger partial charge in [0.05, 0.1) is 6.10 Å². The second kappa shape index (κ2) is 14.7. The summed E-state index contributed by atoms with van der Waals surface area (Å²) in [4.78, 5) is 21.5. The van der Waals surface area contributed by atoms with E-state index in [0.29, 0.717) is 5.96 Å². The summed E-state index contributed by atoms with van der Waals surface area (Å²) in [6.45, 7) is 12.6. The van der Waals surface area contributed by atoms with Crippen LogP contribution < -0.4 is 15.4 Å². The van der Waals surface area contributed by atoms with Crippen molar-refractivity contribution < 1.29 is 9.53 Å². The lowest BCUT2D eigenvalue weighted by Crippen LogP contribution is -2.37. The van der Waals surface area contributed by atoms with Gasteiger partial charge in [-0.25, -0.2) is 4.99 Å². The number of guanidine groups is 1. The summed E-state index contributed by atoms with van der Waals surface area (Å²) in [5, 5.41) is 6.77. The molecule has 2 fully saturated rings. The van der Waals surface area contributed by atoms with Crippen molar-refractivity contribution in [2.45, 2.75) is 59.0 Å². The fourth-order valence-electron chi connectivity index (χ4n) is 4.17.